The van der Waals surface area contributed by atoms with Crippen LogP contribution in [0, 0.1) is 0 Å². The van der Waals surface area contributed by atoms with E-state index in [9.17, 15) is 43.2 Å². The molecule has 0 amide bonds. The van der Waals surface area contributed by atoms with Crippen molar-refractivity contribution in [2.24, 2.45) is 0 Å². The summed E-state index contributed by atoms with van der Waals surface area (Å²) in [7, 11) is -9.97. The standard InChI is InChI=1S/C81H142O17P2/c1-5-9-13-17-21-25-29-33-36-37-40-44-48-52-56-60-64-68-81(86)98-76(71-91-78(83)65-61-57-53-49-45-41-32-28-24-20-16-12-8-4)73-95-99(87,88)93-69-75(82)70-94-100(89,90)96-74-77(97-80(85)67-63-59-55-51-47-43-39-35-31-27-23-19-15-11-7-3)72-92-79(84)66-62-58-54-50-46-42-38-34-30-26-22-18-14-10-6-2/h21,23,25,27-28,32-36,38-40,44,52,56,75-77,82H,5-20,22,24,26,29-31,37,41-43,45-51,53-55,57-74H2,1-4H3,(H,87,88)(H,89,90)/b25-21-,27-23-,32-28-,36-33-,38-34-,39-35-,44-40-,56-52-/t75-,76-,77-/m1/s1. The third-order valence-electron chi connectivity index (χ3n) is 16.5. The molecule has 0 saturated carbocycles. The molecular weight excluding hydrogens is 1310 g/mol. The van der Waals surface area contributed by atoms with Crippen LogP contribution >= 0.6 is 15.6 Å². The van der Waals surface area contributed by atoms with Gasteiger partial charge in [-0.2, -0.15) is 0 Å². The van der Waals surface area contributed by atoms with Gasteiger partial charge in [-0.1, -0.05) is 260 Å². The molecule has 0 aliphatic heterocycles. The summed E-state index contributed by atoms with van der Waals surface area (Å²) < 4.78 is 68.5. The number of carbonyl (C=O) groups excluding carboxylic acids is 4. The second kappa shape index (κ2) is 73.3. The number of phosphoric ester groups is 2. The van der Waals surface area contributed by atoms with Crippen molar-refractivity contribution < 1.29 is 80.2 Å². The van der Waals surface area contributed by atoms with E-state index < -0.39 is 97.5 Å². The highest BCUT2D eigenvalue weighted by Crippen LogP contribution is 2.45. The first-order valence-corrected chi connectivity index (χ1v) is 42.5. The minimum absolute atomic E-state index is 0.0175. The van der Waals surface area contributed by atoms with Crippen molar-refractivity contribution in [3.8, 4) is 0 Å². The molecule has 5 atom stereocenters. The van der Waals surface area contributed by atoms with Gasteiger partial charge in [-0.05, 0) is 148 Å². The third kappa shape index (κ3) is 72.3. The SMILES string of the molecule is CCCCC/C=C\C/C=C\C/C=C\C/C=C\CCCC(=O)O[C@H](COC(=O)CCCCCCC/C=C\CCCCCC)COP(=O)(O)OC[C@@H](O)COP(=O)(O)OC[C@@H](COC(=O)CCCCCCC/C=C\CCCCCCCC)OC(=O)CCCCCCC/C=C\C/C=C\CCCCC. The predicted octanol–water partition coefficient (Wildman–Crippen LogP) is 22.8. The average Bonchev–Trinajstić information content (AvgIpc) is 1.13. The highest BCUT2D eigenvalue weighted by atomic mass is 31.2. The van der Waals surface area contributed by atoms with E-state index in [0.717, 1.165) is 148 Å². The van der Waals surface area contributed by atoms with E-state index in [-0.39, 0.29) is 25.7 Å². The molecule has 0 rings (SSSR count). The summed E-state index contributed by atoms with van der Waals surface area (Å²) in [6.07, 6.45) is 76.8. The topological polar surface area (TPSA) is 237 Å². The predicted molar refractivity (Wildman–Crippen MR) is 409 cm³/mol. The number of aliphatic hydroxyl groups is 1. The molecule has 578 valence electrons. The molecule has 19 heteroatoms. The minimum atomic E-state index is -4.99. The molecule has 0 aromatic carbocycles. The van der Waals surface area contributed by atoms with E-state index in [2.05, 4.69) is 113 Å². The molecule has 17 nitrogen and oxygen atoms in total. The van der Waals surface area contributed by atoms with Crippen molar-refractivity contribution in [2.45, 2.75) is 354 Å². The zero-order valence-electron chi connectivity index (χ0n) is 63.1. The van der Waals surface area contributed by atoms with Crippen LogP contribution in [0.2, 0.25) is 0 Å². The number of phosphoric acid groups is 2. The zero-order chi connectivity index (χ0) is 73.2. The number of aliphatic hydroxyl groups excluding tert-OH is 1. The number of rotatable bonds is 74. The van der Waals surface area contributed by atoms with Gasteiger partial charge >= 0.3 is 39.5 Å². The molecule has 0 aliphatic carbocycles. The van der Waals surface area contributed by atoms with Crippen molar-refractivity contribution in [2.75, 3.05) is 39.6 Å². The van der Waals surface area contributed by atoms with Crippen LogP contribution < -0.4 is 0 Å². The highest BCUT2D eigenvalue weighted by molar-refractivity contribution is 7.47. The lowest BCUT2D eigenvalue weighted by Gasteiger charge is -2.21. The first-order chi connectivity index (χ1) is 48.7. The van der Waals surface area contributed by atoms with Crippen molar-refractivity contribution in [3.05, 3.63) is 97.2 Å². The van der Waals surface area contributed by atoms with Gasteiger partial charge in [-0.15, -0.1) is 0 Å². The van der Waals surface area contributed by atoms with Crippen molar-refractivity contribution in [3.63, 3.8) is 0 Å². The molecule has 0 fully saturated rings. The van der Waals surface area contributed by atoms with E-state index in [4.69, 9.17) is 37.0 Å². The monoisotopic (exact) mass is 1450 g/mol. The molecule has 0 spiro atoms. The van der Waals surface area contributed by atoms with Gasteiger partial charge in [0.1, 0.15) is 19.3 Å². The van der Waals surface area contributed by atoms with Crippen molar-refractivity contribution in [1.29, 1.82) is 0 Å². The Bertz CT molecular complexity index is 2270. The Hall–Kier alpha value is -4.02. The lowest BCUT2D eigenvalue weighted by Crippen LogP contribution is -2.30. The molecule has 0 aromatic heterocycles. The molecule has 2 unspecified atom stereocenters. The highest BCUT2D eigenvalue weighted by Gasteiger charge is 2.30. The summed E-state index contributed by atoms with van der Waals surface area (Å²) in [6, 6.07) is 0. The second-order valence-corrected chi connectivity index (χ2v) is 29.2. The Morgan fingerprint density at radius 2 is 0.500 bits per heavy atom. The van der Waals surface area contributed by atoms with Crippen LogP contribution in [-0.2, 0) is 65.4 Å². The van der Waals surface area contributed by atoms with Gasteiger partial charge < -0.3 is 33.8 Å². The van der Waals surface area contributed by atoms with Crippen LogP contribution in [0.1, 0.15) is 336 Å². The smallest absolute Gasteiger partial charge is 0.462 e. The maximum Gasteiger partial charge on any atom is 0.472 e. The largest absolute Gasteiger partial charge is 0.472 e. The van der Waals surface area contributed by atoms with Crippen LogP contribution in [-0.4, -0.2) is 96.7 Å². The van der Waals surface area contributed by atoms with E-state index in [0.29, 0.717) is 32.1 Å². The van der Waals surface area contributed by atoms with Crippen LogP contribution in [0.25, 0.3) is 0 Å². The van der Waals surface area contributed by atoms with E-state index in [1.54, 1.807) is 0 Å². The minimum Gasteiger partial charge on any atom is -0.462 e. The molecule has 0 heterocycles. The van der Waals surface area contributed by atoms with Gasteiger partial charge in [0.2, 0.25) is 0 Å². The second-order valence-electron chi connectivity index (χ2n) is 26.3. The van der Waals surface area contributed by atoms with Gasteiger partial charge in [0.25, 0.3) is 0 Å². The molecule has 0 saturated heterocycles. The Morgan fingerprint density at radius 3 is 0.830 bits per heavy atom. The zero-order valence-corrected chi connectivity index (χ0v) is 64.9. The number of unbranched alkanes of at least 4 members (excludes halogenated alkanes) is 32. The molecule has 100 heavy (non-hydrogen) atoms. The van der Waals surface area contributed by atoms with Crippen molar-refractivity contribution in [1.82, 2.24) is 0 Å². The van der Waals surface area contributed by atoms with Crippen LogP contribution in [0.5, 0.6) is 0 Å². The Kier molecular flexibility index (Phi) is 70.4. The Morgan fingerprint density at radius 1 is 0.280 bits per heavy atom. The summed E-state index contributed by atoms with van der Waals surface area (Å²) in [5.74, 6) is -2.26. The van der Waals surface area contributed by atoms with E-state index in [1.807, 2.05) is 12.2 Å². The van der Waals surface area contributed by atoms with Crippen LogP contribution in [0.4, 0.5) is 0 Å². The van der Waals surface area contributed by atoms with Gasteiger partial charge in [-0.3, -0.25) is 37.3 Å². The Balaban J connectivity index is 5.42. The fourth-order valence-corrected chi connectivity index (χ4v) is 12.0. The van der Waals surface area contributed by atoms with Crippen LogP contribution in [0.15, 0.2) is 97.2 Å². The maximum absolute atomic E-state index is 13.1. The molecule has 0 radical (unpaired) electrons. The van der Waals surface area contributed by atoms with Gasteiger partial charge in [0, 0.05) is 25.7 Å². The number of hydrogen-bond donors (Lipinski definition) is 3. The average molecular weight is 1450 g/mol. The molecule has 0 aromatic rings. The number of carbonyl (C=O) groups is 4. The number of hydrogen-bond acceptors (Lipinski definition) is 15. The lowest BCUT2D eigenvalue weighted by atomic mass is 10.1. The van der Waals surface area contributed by atoms with Gasteiger partial charge in [0.15, 0.2) is 12.2 Å². The summed E-state index contributed by atoms with van der Waals surface area (Å²) in [6.45, 7) is 4.73. The summed E-state index contributed by atoms with van der Waals surface area (Å²) in [5.41, 5.74) is 0. The Labute approximate surface area is 607 Å². The first-order valence-electron chi connectivity index (χ1n) is 39.5. The summed E-state index contributed by atoms with van der Waals surface area (Å²) in [5, 5.41) is 10.6. The molecule has 0 bridgehead atoms. The summed E-state index contributed by atoms with van der Waals surface area (Å²) in [4.78, 5) is 72.9. The lowest BCUT2D eigenvalue weighted by molar-refractivity contribution is -0.161. The van der Waals surface area contributed by atoms with Crippen LogP contribution in [0.3, 0.4) is 0 Å². The number of allylic oxidation sites excluding steroid dienone is 16. The number of ether oxygens (including phenoxy) is 4. The van der Waals surface area contributed by atoms with E-state index in [1.165, 1.54) is 103 Å². The maximum atomic E-state index is 13.1. The van der Waals surface area contributed by atoms with E-state index >= 15 is 0 Å². The molecule has 0 aliphatic rings. The number of esters is 4. The normalized spacial score (nSPS) is 14.4. The quantitative estimate of drug-likeness (QED) is 0.0169. The summed E-state index contributed by atoms with van der Waals surface area (Å²) >= 11 is 0. The molecule has 3 N–H and O–H groups in total. The van der Waals surface area contributed by atoms with Gasteiger partial charge in [-0.25, -0.2) is 9.13 Å². The third-order valence-corrected chi connectivity index (χ3v) is 18.4. The first kappa shape index (κ1) is 96.0. The fraction of sp³-hybridized carbons (Fsp3) is 0.753. The van der Waals surface area contributed by atoms with Gasteiger partial charge in [0.05, 0.1) is 26.4 Å². The van der Waals surface area contributed by atoms with Crippen molar-refractivity contribution >= 4 is 39.5 Å². The fourth-order valence-electron chi connectivity index (χ4n) is 10.4. The molecular formula is C81H142O17P2.